The molecule has 1 amide bonds. The molecule has 1 saturated carbocycles. The van der Waals surface area contributed by atoms with Crippen LogP contribution in [-0.2, 0) is 17.8 Å². The van der Waals surface area contributed by atoms with Gasteiger partial charge in [-0.25, -0.2) is 9.97 Å². The molecule has 30 heavy (non-hydrogen) atoms. The molecular formula is C24H22N4OS. The molecular weight excluding hydrogens is 392 g/mol. The highest BCUT2D eigenvalue weighted by atomic mass is 32.1. The van der Waals surface area contributed by atoms with Gasteiger partial charge in [-0.15, -0.1) is 0 Å². The Morgan fingerprint density at radius 1 is 1.03 bits per heavy atom. The van der Waals surface area contributed by atoms with Crippen molar-refractivity contribution in [2.24, 2.45) is 0 Å². The summed E-state index contributed by atoms with van der Waals surface area (Å²) in [6, 6.07) is 17.1. The first-order valence-electron chi connectivity index (χ1n) is 10.1. The molecule has 0 spiro atoms. The number of anilines is 1. The summed E-state index contributed by atoms with van der Waals surface area (Å²) < 4.78 is 0. The number of rotatable bonds is 7. The molecule has 150 valence electrons. The van der Waals surface area contributed by atoms with E-state index in [1.807, 2.05) is 35.0 Å². The fourth-order valence-corrected chi connectivity index (χ4v) is 4.14. The lowest BCUT2D eigenvalue weighted by molar-refractivity contribution is -0.120. The van der Waals surface area contributed by atoms with Crippen LogP contribution in [0, 0.1) is 0 Å². The number of aromatic nitrogens is 2. The predicted molar refractivity (Wildman–Crippen MR) is 121 cm³/mol. The summed E-state index contributed by atoms with van der Waals surface area (Å²) in [4.78, 5) is 21.0. The van der Waals surface area contributed by atoms with Gasteiger partial charge < -0.3 is 10.6 Å². The maximum atomic E-state index is 12.2. The number of amides is 1. The first-order chi connectivity index (χ1) is 14.7. The molecule has 5 rings (SSSR count). The van der Waals surface area contributed by atoms with Crippen LogP contribution in [0.5, 0.6) is 0 Å². The molecule has 0 aliphatic heterocycles. The van der Waals surface area contributed by atoms with Crippen molar-refractivity contribution in [2.75, 3.05) is 5.32 Å². The number of fused-ring (bicyclic) bond motifs is 1. The van der Waals surface area contributed by atoms with E-state index < -0.39 is 0 Å². The van der Waals surface area contributed by atoms with E-state index in [-0.39, 0.29) is 5.91 Å². The number of carbonyl (C=O) groups is 1. The number of nitrogens with one attached hydrogen (secondary N) is 2. The van der Waals surface area contributed by atoms with E-state index in [4.69, 9.17) is 0 Å². The Balaban J connectivity index is 1.34. The van der Waals surface area contributed by atoms with E-state index in [9.17, 15) is 4.79 Å². The van der Waals surface area contributed by atoms with Crippen molar-refractivity contribution >= 4 is 34.0 Å². The third-order valence-electron chi connectivity index (χ3n) is 5.25. The average molecular weight is 415 g/mol. The lowest BCUT2D eigenvalue weighted by Gasteiger charge is -2.10. The Labute approximate surface area is 179 Å². The van der Waals surface area contributed by atoms with Crippen LogP contribution in [0.25, 0.3) is 22.0 Å². The highest BCUT2D eigenvalue weighted by Crippen LogP contribution is 2.30. The number of benzene rings is 2. The van der Waals surface area contributed by atoms with Gasteiger partial charge in [0.15, 0.2) is 0 Å². The average Bonchev–Trinajstić information content (AvgIpc) is 3.45. The van der Waals surface area contributed by atoms with Gasteiger partial charge in [-0.1, -0.05) is 24.3 Å². The van der Waals surface area contributed by atoms with Crippen LogP contribution in [0.3, 0.4) is 0 Å². The second-order valence-corrected chi connectivity index (χ2v) is 8.44. The van der Waals surface area contributed by atoms with E-state index >= 15 is 0 Å². The smallest absolute Gasteiger partial charge is 0.224 e. The first-order valence-corrected chi connectivity index (χ1v) is 11.1. The summed E-state index contributed by atoms with van der Waals surface area (Å²) >= 11 is 1.61. The summed E-state index contributed by atoms with van der Waals surface area (Å²) in [6.45, 7) is 0.516. The van der Waals surface area contributed by atoms with Crippen molar-refractivity contribution < 1.29 is 4.79 Å². The van der Waals surface area contributed by atoms with Gasteiger partial charge in [-0.05, 0) is 70.1 Å². The van der Waals surface area contributed by atoms with E-state index in [0.29, 0.717) is 19.0 Å². The first kappa shape index (κ1) is 18.8. The number of hydrogen-bond donors (Lipinski definition) is 2. The van der Waals surface area contributed by atoms with Crippen molar-refractivity contribution in [3.05, 3.63) is 76.7 Å². The van der Waals surface area contributed by atoms with E-state index in [1.54, 1.807) is 17.7 Å². The zero-order chi connectivity index (χ0) is 20.3. The van der Waals surface area contributed by atoms with E-state index in [0.717, 1.165) is 39.0 Å². The van der Waals surface area contributed by atoms with Gasteiger partial charge in [0.2, 0.25) is 5.91 Å². The summed E-state index contributed by atoms with van der Waals surface area (Å²) in [5, 5.41) is 11.6. The molecule has 2 N–H and O–H groups in total. The van der Waals surface area contributed by atoms with Gasteiger partial charge in [0.25, 0.3) is 0 Å². The van der Waals surface area contributed by atoms with Gasteiger partial charge in [0.05, 0.1) is 11.9 Å². The molecule has 2 aromatic carbocycles. The monoisotopic (exact) mass is 414 g/mol. The van der Waals surface area contributed by atoms with Gasteiger partial charge in [-0.2, -0.15) is 11.3 Å². The second kappa shape index (κ2) is 8.24. The fraction of sp³-hybridized carbons (Fsp3) is 0.208. The molecule has 0 unspecified atom stereocenters. The number of carbonyl (C=O) groups excluding carboxylic acids is 1. The molecule has 0 saturated heterocycles. The number of nitrogens with zero attached hydrogens (tertiary/aromatic N) is 2. The van der Waals surface area contributed by atoms with Crippen LogP contribution in [0.4, 0.5) is 5.82 Å². The standard InChI is InChI=1S/C24H22N4OS/c29-23(11-17-8-9-30-14-17)25-13-16-2-1-3-18(10-16)19-4-7-22-21(12-19)24(27-15-26-22)28-20-5-6-20/h1-4,7-10,12,14-15,20H,5-6,11,13H2,(H,25,29)(H,26,27,28). The predicted octanol–water partition coefficient (Wildman–Crippen LogP) is 4.79. The SMILES string of the molecule is O=C(Cc1ccsc1)NCc1cccc(-c2ccc3ncnc(NC4CC4)c3c2)c1. The Bertz CT molecular complexity index is 1190. The zero-order valence-electron chi connectivity index (χ0n) is 16.5. The number of hydrogen-bond acceptors (Lipinski definition) is 5. The lowest BCUT2D eigenvalue weighted by Crippen LogP contribution is -2.24. The Kier molecular flexibility index (Phi) is 5.15. The van der Waals surface area contributed by atoms with Crippen LogP contribution < -0.4 is 10.6 Å². The van der Waals surface area contributed by atoms with Crippen molar-refractivity contribution in [3.63, 3.8) is 0 Å². The van der Waals surface area contributed by atoms with Crippen molar-refractivity contribution in [2.45, 2.75) is 31.8 Å². The maximum Gasteiger partial charge on any atom is 0.224 e. The van der Waals surface area contributed by atoms with E-state index in [2.05, 4.69) is 44.9 Å². The molecule has 2 aromatic heterocycles. The van der Waals surface area contributed by atoms with Crippen LogP contribution in [0.15, 0.2) is 65.6 Å². The minimum atomic E-state index is 0.0393. The van der Waals surface area contributed by atoms with Gasteiger partial charge in [-0.3, -0.25) is 4.79 Å². The van der Waals surface area contributed by atoms with Crippen LogP contribution in [-0.4, -0.2) is 21.9 Å². The highest BCUT2D eigenvalue weighted by molar-refractivity contribution is 7.08. The maximum absolute atomic E-state index is 12.2. The van der Waals surface area contributed by atoms with Crippen molar-refractivity contribution in [1.82, 2.24) is 15.3 Å². The molecule has 0 atom stereocenters. The fourth-order valence-electron chi connectivity index (χ4n) is 3.47. The largest absolute Gasteiger partial charge is 0.367 e. The minimum Gasteiger partial charge on any atom is -0.367 e. The molecule has 1 aliphatic rings. The zero-order valence-corrected chi connectivity index (χ0v) is 17.3. The normalized spacial score (nSPS) is 13.3. The number of thiophene rings is 1. The quantitative estimate of drug-likeness (QED) is 0.456. The summed E-state index contributed by atoms with van der Waals surface area (Å²) in [5.74, 6) is 0.943. The van der Waals surface area contributed by atoms with Crippen LogP contribution >= 0.6 is 11.3 Å². The summed E-state index contributed by atoms with van der Waals surface area (Å²) in [5.41, 5.74) is 5.30. The van der Waals surface area contributed by atoms with Crippen LogP contribution in [0.2, 0.25) is 0 Å². The molecule has 0 bridgehead atoms. The topological polar surface area (TPSA) is 66.9 Å². The molecule has 5 nitrogen and oxygen atoms in total. The Morgan fingerprint density at radius 2 is 1.93 bits per heavy atom. The van der Waals surface area contributed by atoms with E-state index in [1.165, 1.54) is 12.8 Å². The Hall–Kier alpha value is -3.25. The Morgan fingerprint density at radius 3 is 2.77 bits per heavy atom. The van der Waals surface area contributed by atoms with Crippen LogP contribution in [0.1, 0.15) is 24.0 Å². The second-order valence-electron chi connectivity index (χ2n) is 7.66. The molecule has 2 heterocycles. The van der Waals surface area contributed by atoms with Gasteiger partial charge in [0.1, 0.15) is 12.1 Å². The van der Waals surface area contributed by atoms with Crippen molar-refractivity contribution in [3.8, 4) is 11.1 Å². The summed E-state index contributed by atoms with van der Waals surface area (Å²) in [6.07, 6.45) is 4.44. The molecule has 0 radical (unpaired) electrons. The molecule has 6 heteroatoms. The third kappa shape index (κ3) is 4.33. The van der Waals surface area contributed by atoms with Gasteiger partial charge >= 0.3 is 0 Å². The minimum absolute atomic E-state index is 0.0393. The van der Waals surface area contributed by atoms with Crippen molar-refractivity contribution in [1.29, 1.82) is 0 Å². The summed E-state index contributed by atoms with van der Waals surface area (Å²) in [7, 11) is 0. The van der Waals surface area contributed by atoms with Gasteiger partial charge in [0, 0.05) is 18.0 Å². The molecule has 4 aromatic rings. The third-order valence-corrected chi connectivity index (χ3v) is 5.98. The molecule has 1 fully saturated rings. The molecule has 1 aliphatic carbocycles. The highest BCUT2D eigenvalue weighted by Gasteiger charge is 2.22. The lowest BCUT2D eigenvalue weighted by atomic mass is 10.0.